The van der Waals surface area contributed by atoms with Crippen LogP contribution in [0, 0.1) is 5.92 Å². The van der Waals surface area contributed by atoms with Gasteiger partial charge in [-0.1, -0.05) is 83.1 Å². The molecule has 0 atom stereocenters. The molecule has 2 aromatic carbocycles. The quantitative estimate of drug-likeness (QED) is 0.178. The number of hydrogen-bond acceptors (Lipinski definition) is 4. The lowest BCUT2D eigenvalue weighted by Crippen LogP contribution is -2.27. The number of aryl methyl sites for hydroxylation is 1. The molecule has 0 amide bonds. The zero-order valence-corrected chi connectivity index (χ0v) is 20.4. The summed E-state index contributed by atoms with van der Waals surface area (Å²) in [5.74, 6) is 0.670. The number of unbranched alkanes of at least 4 members (excludes halogenated alkanes) is 6. The summed E-state index contributed by atoms with van der Waals surface area (Å²) in [4.78, 5) is 12.5. The van der Waals surface area contributed by atoms with E-state index < -0.39 is 0 Å². The Hall–Kier alpha value is -2.17. The standard InChI is InChI=1S/C29H40O4/c1-3-5-7-8-9-10-12-24-21-31-29(32-22-24)26-17-19-27(20-18-26)33-28(30)25-15-13-23(14-16-25)11-6-4-2/h13-20,24,29H,3-12,21-22H2,1-2H3. The molecule has 0 aliphatic carbocycles. The van der Waals surface area contributed by atoms with Crippen LogP contribution < -0.4 is 4.74 Å². The van der Waals surface area contributed by atoms with E-state index in [-0.39, 0.29) is 12.3 Å². The van der Waals surface area contributed by atoms with Gasteiger partial charge in [0, 0.05) is 11.5 Å². The van der Waals surface area contributed by atoms with Gasteiger partial charge in [0.05, 0.1) is 18.8 Å². The minimum Gasteiger partial charge on any atom is -0.423 e. The molecule has 3 rings (SSSR count). The first kappa shape index (κ1) is 25.5. The third-order valence-electron chi connectivity index (χ3n) is 6.30. The van der Waals surface area contributed by atoms with Crippen LogP contribution in [0.4, 0.5) is 0 Å². The van der Waals surface area contributed by atoms with Gasteiger partial charge in [0.25, 0.3) is 0 Å². The molecule has 4 heteroatoms. The average Bonchev–Trinajstić information content (AvgIpc) is 2.86. The minimum atomic E-state index is -0.341. The zero-order chi connectivity index (χ0) is 23.3. The van der Waals surface area contributed by atoms with Gasteiger partial charge in [-0.25, -0.2) is 4.79 Å². The second-order valence-corrected chi connectivity index (χ2v) is 9.18. The van der Waals surface area contributed by atoms with E-state index in [0.29, 0.717) is 17.2 Å². The molecule has 1 aliphatic rings. The number of carbonyl (C=O) groups excluding carboxylic acids is 1. The van der Waals surface area contributed by atoms with Crippen LogP contribution in [0.25, 0.3) is 0 Å². The summed E-state index contributed by atoms with van der Waals surface area (Å²) >= 11 is 0. The van der Waals surface area contributed by atoms with Crippen LogP contribution >= 0.6 is 0 Å². The fraction of sp³-hybridized carbons (Fsp3) is 0.552. The monoisotopic (exact) mass is 452 g/mol. The highest BCUT2D eigenvalue weighted by Crippen LogP contribution is 2.28. The molecule has 4 nitrogen and oxygen atoms in total. The number of hydrogen-bond donors (Lipinski definition) is 0. The SMILES string of the molecule is CCCCCCCCC1COC(c2ccc(OC(=O)c3ccc(CCCC)cc3)cc2)OC1. The van der Waals surface area contributed by atoms with Crippen molar-refractivity contribution in [2.75, 3.05) is 13.2 Å². The molecule has 0 saturated carbocycles. The van der Waals surface area contributed by atoms with E-state index in [1.54, 1.807) is 12.1 Å². The Morgan fingerprint density at radius 1 is 0.818 bits per heavy atom. The zero-order valence-electron chi connectivity index (χ0n) is 20.4. The van der Waals surface area contributed by atoms with Crippen LogP contribution in [0.5, 0.6) is 5.75 Å². The molecule has 1 aliphatic heterocycles. The second-order valence-electron chi connectivity index (χ2n) is 9.18. The van der Waals surface area contributed by atoms with E-state index in [1.807, 2.05) is 36.4 Å². The molecule has 1 heterocycles. The van der Waals surface area contributed by atoms with E-state index in [4.69, 9.17) is 14.2 Å². The van der Waals surface area contributed by atoms with Crippen LogP contribution in [-0.2, 0) is 15.9 Å². The Labute approximate surface area is 199 Å². The van der Waals surface area contributed by atoms with Crippen LogP contribution in [-0.4, -0.2) is 19.2 Å². The Kier molecular flexibility index (Phi) is 10.9. The van der Waals surface area contributed by atoms with Gasteiger partial charge in [0.15, 0.2) is 6.29 Å². The summed E-state index contributed by atoms with van der Waals surface area (Å²) in [5.41, 5.74) is 2.77. The molecule has 2 aromatic rings. The summed E-state index contributed by atoms with van der Waals surface area (Å²) < 4.78 is 17.5. The van der Waals surface area contributed by atoms with Gasteiger partial charge in [-0.3, -0.25) is 0 Å². The average molecular weight is 453 g/mol. The molecule has 0 bridgehead atoms. The van der Waals surface area contributed by atoms with Crippen LogP contribution in [0.2, 0.25) is 0 Å². The van der Waals surface area contributed by atoms with Gasteiger partial charge < -0.3 is 14.2 Å². The number of ether oxygens (including phenoxy) is 3. The van der Waals surface area contributed by atoms with Gasteiger partial charge in [-0.15, -0.1) is 0 Å². The van der Waals surface area contributed by atoms with Crippen molar-refractivity contribution in [3.63, 3.8) is 0 Å². The third kappa shape index (κ3) is 8.60. The molecule has 0 spiro atoms. The summed E-state index contributed by atoms with van der Waals surface area (Å²) in [6, 6.07) is 15.1. The van der Waals surface area contributed by atoms with Crippen molar-refractivity contribution in [3.8, 4) is 5.75 Å². The number of rotatable bonds is 13. The summed E-state index contributed by atoms with van der Waals surface area (Å²) in [6.45, 7) is 5.91. The number of benzene rings is 2. The van der Waals surface area contributed by atoms with E-state index in [0.717, 1.165) is 38.0 Å². The first-order chi connectivity index (χ1) is 16.2. The predicted molar refractivity (Wildman–Crippen MR) is 133 cm³/mol. The van der Waals surface area contributed by atoms with E-state index in [1.165, 1.54) is 50.5 Å². The maximum absolute atomic E-state index is 12.5. The van der Waals surface area contributed by atoms with Gasteiger partial charge in [0.2, 0.25) is 0 Å². The van der Waals surface area contributed by atoms with Crippen molar-refractivity contribution in [1.82, 2.24) is 0 Å². The highest BCUT2D eigenvalue weighted by Gasteiger charge is 2.23. The maximum atomic E-state index is 12.5. The fourth-order valence-electron chi connectivity index (χ4n) is 4.16. The molecule has 1 saturated heterocycles. The van der Waals surface area contributed by atoms with E-state index in [9.17, 15) is 4.79 Å². The summed E-state index contributed by atoms with van der Waals surface area (Å²) in [7, 11) is 0. The Morgan fingerprint density at radius 3 is 2.12 bits per heavy atom. The Balaban J connectivity index is 1.40. The van der Waals surface area contributed by atoms with Gasteiger partial charge in [-0.05, 0) is 49.1 Å². The normalized spacial score (nSPS) is 18.2. The maximum Gasteiger partial charge on any atom is 0.343 e. The van der Waals surface area contributed by atoms with Crippen LogP contribution in [0.1, 0.15) is 99.4 Å². The lowest BCUT2D eigenvalue weighted by molar-refractivity contribution is -0.206. The van der Waals surface area contributed by atoms with Crippen molar-refractivity contribution in [2.24, 2.45) is 5.92 Å². The lowest BCUT2D eigenvalue weighted by Gasteiger charge is -2.29. The third-order valence-corrected chi connectivity index (χ3v) is 6.30. The molecule has 0 N–H and O–H groups in total. The number of carbonyl (C=O) groups is 1. The van der Waals surface area contributed by atoms with Crippen molar-refractivity contribution in [1.29, 1.82) is 0 Å². The fourth-order valence-corrected chi connectivity index (χ4v) is 4.16. The summed E-state index contributed by atoms with van der Waals surface area (Å²) in [5, 5.41) is 0. The van der Waals surface area contributed by atoms with Gasteiger partial charge in [-0.2, -0.15) is 0 Å². The lowest BCUT2D eigenvalue weighted by atomic mass is 10.0. The van der Waals surface area contributed by atoms with Gasteiger partial charge >= 0.3 is 5.97 Å². The number of esters is 1. The van der Waals surface area contributed by atoms with Crippen molar-refractivity contribution in [2.45, 2.75) is 84.3 Å². The molecule has 0 aromatic heterocycles. The first-order valence-electron chi connectivity index (χ1n) is 12.8. The molecular formula is C29H40O4. The summed E-state index contributed by atoms with van der Waals surface area (Å²) in [6.07, 6.45) is 12.1. The topological polar surface area (TPSA) is 44.8 Å². The van der Waals surface area contributed by atoms with Crippen LogP contribution in [0.3, 0.4) is 0 Å². The van der Waals surface area contributed by atoms with Crippen molar-refractivity contribution >= 4 is 5.97 Å². The predicted octanol–water partition coefficient (Wildman–Crippen LogP) is 7.66. The second kappa shape index (κ2) is 14.2. The van der Waals surface area contributed by atoms with E-state index in [2.05, 4.69) is 13.8 Å². The molecule has 180 valence electrons. The van der Waals surface area contributed by atoms with Crippen LogP contribution in [0.15, 0.2) is 48.5 Å². The molecular weight excluding hydrogens is 412 g/mol. The molecule has 33 heavy (non-hydrogen) atoms. The molecule has 1 fully saturated rings. The highest BCUT2D eigenvalue weighted by molar-refractivity contribution is 5.91. The minimum absolute atomic E-state index is 0.340. The molecule has 0 radical (unpaired) electrons. The van der Waals surface area contributed by atoms with E-state index >= 15 is 0 Å². The van der Waals surface area contributed by atoms with Crippen molar-refractivity contribution < 1.29 is 19.0 Å². The Bertz CT molecular complexity index is 805. The van der Waals surface area contributed by atoms with Gasteiger partial charge in [0.1, 0.15) is 5.75 Å². The molecule has 0 unspecified atom stereocenters. The van der Waals surface area contributed by atoms with Crippen molar-refractivity contribution in [3.05, 3.63) is 65.2 Å². The highest BCUT2D eigenvalue weighted by atomic mass is 16.7. The smallest absolute Gasteiger partial charge is 0.343 e. The first-order valence-corrected chi connectivity index (χ1v) is 12.8. The largest absolute Gasteiger partial charge is 0.423 e. The Morgan fingerprint density at radius 2 is 1.45 bits per heavy atom.